The third-order valence-corrected chi connectivity index (χ3v) is 4.99. The maximum absolute atomic E-state index is 4.65. The molecule has 0 atom stereocenters. The van der Waals surface area contributed by atoms with Crippen molar-refractivity contribution in [2.45, 2.75) is 58.9 Å². The Hall–Kier alpha value is -2.16. The van der Waals surface area contributed by atoms with Gasteiger partial charge in [-0.25, -0.2) is 14.1 Å². The lowest BCUT2D eigenvalue weighted by molar-refractivity contribution is -0.634. The van der Waals surface area contributed by atoms with Gasteiger partial charge >= 0.3 is 5.82 Å². The number of aromatic nitrogens is 3. The predicted molar refractivity (Wildman–Crippen MR) is 104 cm³/mol. The molecule has 132 valence electrons. The summed E-state index contributed by atoms with van der Waals surface area (Å²) in [7, 11) is 2.15. The van der Waals surface area contributed by atoms with Gasteiger partial charge in [-0.1, -0.05) is 44.7 Å². The molecule has 3 aromatic rings. The number of imidazole rings is 1. The third-order valence-electron chi connectivity index (χ3n) is 4.99. The van der Waals surface area contributed by atoms with Crippen molar-refractivity contribution >= 4 is 11.0 Å². The Bertz CT molecular complexity index is 832. The molecular weight excluding hydrogens is 306 g/mol. The molecule has 3 heteroatoms. The molecule has 1 aromatic carbocycles. The minimum Gasteiger partial charge on any atom is -0.248 e. The van der Waals surface area contributed by atoms with Crippen molar-refractivity contribution in [1.29, 1.82) is 0 Å². The standard InChI is InChI=1S/C22H30N3/c1-4-5-6-7-8-11-16-25-21-13-10-9-12-20(21)24(3)22(25)19-17-18(2)14-15-23-19/h9-10,12-15,17H,4-8,11,16H2,1-3H3/q+1. The molecule has 3 nitrogen and oxygen atoms in total. The first-order valence-electron chi connectivity index (χ1n) is 9.62. The summed E-state index contributed by atoms with van der Waals surface area (Å²) in [4.78, 5) is 4.65. The van der Waals surface area contributed by atoms with Gasteiger partial charge in [0, 0.05) is 6.20 Å². The van der Waals surface area contributed by atoms with E-state index in [-0.39, 0.29) is 0 Å². The van der Waals surface area contributed by atoms with Crippen molar-refractivity contribution in [3.63, 3.8) is 0 Å². The first-order valence-corrected chi connectivity index (χ1v) is 9.62. The molecule has 0 bridgehead atoms. The first-order chi connectivity index (χ1) is 12.2. The van der Waals surface area contributed by atoms with E-state index in [1.54, 1.807) is 0 Å². The van der Waals surface area contributed by atoms with E-state index in [2.05, 4.69) is 71.4 Å². The van der Waals surface area contributed by atoms with Crippen molar-refractivity contribution in [2.75, 3.05) is 0 Å². The summed E-state index contributed by atoms with van der Waals surface area (Å²) >= 11 is 0. The summed E-state index contributed by atoms with van der Waals surface area (Å²) in [6.45, 7) is 5.46. The number of para-hydroxylation sites is 2. The van der Waals surface area contributed by atoms with Crippen molar-refractivity contribution in [3.8, 4) is 11.5 Å². The number of hydrogen-bond acceptors (Lipinski definition) is 1. The fraction of sp³-hybridized carbons (Fsp3) is 0.455. The van der Waals surface area contributed by atoms with Gasteiger partial charge in [-0.2, -0.15) is 0 Å². The maximum atomic E-state index is 4.65. The SMILES string of the molecule is CCCCCCCCn1c(-c2cc(C)ccn2)[n+](C)c2ccccc21. The average Bonchev–Trinajstić information content (AvgIpc) is 2.90. The van der Waals surface area contributed by atoms with E-state index in [0.717, 1.165) is 12.2 Å². The highest BCUT2D eigenvalue weighted by atomic mass is 15.2. The largest absolute Gasteiger partial charge is 0.308 e. The second-order valence-corrected chi connectivity index (χ2v) is 7.01. The zero-order chi connectivity index (χ0) is 17.6. The number of aryl methyl sites for hydroxylation is 3. The van der Waals surface area contributed by atoms with Crippen molar-refractivity contribution in [3.05, 3.63) is 48.2 Å². The number of hydrogen-bond donors (Lipinski definition) is 0. The molecule has 25 heavy (non-hydrogen) atoms. The minimum absolute atomic E-state index is 1.05. The highest BCUT2D eigenvalue weighted by Gasteiger charge is 2.24. The lowest BCUT2D eigenvalue weighted by Crippen LogP contribution is -2.30. The lowest BCUT2D eigenvalue weighted by atomic mass is 10.1. The summed E-state index contributed by atoms with van der Waals surface area (Å²) in [6.07, 6.45) is 9.82. The summed E-state index contributed by atoms with van der Waals surface area (Å²) in [5.74, 6) is 1.21. The molecule has 0 radical (unpaired) electrons. The van der Waals surface area contributed by atoms with Crippen LogP contribution in [0.4, 0.5) is 0 Å². The molecule has 0 unspecified atom stereocenters. The van der Waals surface area contributed by atoms with Gasteiger partial charge in [0.2, 0.25) is 0 Å². The summed E-state index contributed by atoms with van der Waals surface area (Å²) in [5, 5.41) is 0. The molecule has 0 N–H and O–H groups in total. The van der Waals surface area contributed by atoms with E-state index < -0.39 is 0 Å². The Morgan fingerprint density at radius 1 is 1.00 bits per heavy atom. The van der Waals surface area contributed by atoms with Crippen LogP contribution in [-0.2, 0) is 13.6 Å². The second-order valence-electron chi connectivity index (χ2n) is 7.01. The fourth-order valence-corrected chi connectivity index (χ4v) is 3.63. The molecular formula is C22H30N3+. The van der Waals surface area contributed by atoms with E-state index in [1.807, 2.05) is 6.20 Å². The van der Waals surface area contributed by atoms with Crippen molar-refractivity contribution < 1.29 is 4.57 Å². The number of unbranched alkanes of at least 4 members (excludes halogenated alkanes) is 5. The quantitative estimate of drug-likeness (QED) is 0.409. The average molecular weight is 337 g/mol. The number of fused-ring (bicyclic) bond motifs is 1. The Morgan fingerprint density at radius 3 is 2.56 bits per heavy atom. The topological polar surface area (TPSA) is 21.7 Å². The zero-order valence-corrected chi connectivity index (χ0v) is 15.8. The maximum Gasteiger partial charge on any atom is 0.308 e. The Balaban J connectivity index is 1.91. The fourth-order valence-electron chi connectivity index (χ4n) is 3.63. The van der Waals surface area contributed by atoms with Crippen LogP contribution in [0.1, 0.15) is 51.0 Å². The van der Waals surface area contributed by atoms with E-state index in [4.69, 9.17) is 0 Å². The van der Waals surface area contributed by atoms with E-state index in [0.29, 0.717) is 0 Å². The van der Waals surface area contributed by atoms with Crippen LogP contribution in [0.15, 0.2) is 42.6 Å². The van der Waals surface area contributed by atoms with Crippen LogP contribution in [0.25, 0.3) is 22.6 Å². The highest BCUT2D eigenvalue weighted by Crippen LogP contribution is 2.23. The van der Waals surface area contributed by atoms with Gasteiger partial charge in [-0.05, 0) is 49.6 Å². The van der Waals surface area contributed by atoms with E-state index >= 15 is 0 Å². The smallest absolute Gasteiger partial charge is 0.248 e. The number of benzene rings is 1. The predicted octanol–water partition coefficient (Wildman–Crippen LogP) is 5.20. The van der Waals surface area contributed by atoms with Crippen LogP contribution in [-0.4, -0.2) is 9.55 Å². The monoisotopic (exact) mass is 336 g/mol. The van der Waals surface area contributed by atoms with Crippen LogP contribution in [0.2, 0.25) is 0 Å². The molecule has 3 rings (SSSR count). The second kappa shape index (κ2) is 8.28. The molecule has 0 aliphatic heterocycles. The van der Waals surface area contributed by atoms with Gasteiger partial charge in [-0.3, -0.25) is 0 Å². The highest BCUT2D eigenvalue weighted by molar-refractivity contribution is 5.75. The van der Waals surface area contributed by atoms with Gasteiger partial charge in [0.05, 0.1) is 13.6 Å². The van der Waals surface area contributed by atoms with Crippen LogP contribution >= 0.6 is 0 Å². The summed E-state index contributed by atoms with van der Waals surface area (Å²) < 4.78 is 4.74. The third kappa shape index (κ3) is 3.92. The van der Waals surface area contributed by atoms with E-state index in [1.165, 1.54) is 60.9 Å². The number of pyridine rings is 1. The number of rotatable bonds is 8. The van der Waals surface area contributed by atoms with Crippen molar-refractivity contribution in [1.82, 2.24) is 9.55 Å². The molecule has 0 saturated carbocycles. The summed E-state index contributed by atoms with van der Waals surface area (Å²) in [5.41, 5.74) is 4.88. The molecule has 0 spiro atoms. The molecule has 2 aromatic heterocycles. The number of nitrogens with zero attached hydrogens (tertiary/aromatic N) is 3. The minimum atomic E-state index is 1.05. The van der Waals surface area contributed by atoms with Crippen LogP contribution < -0.4 is 4.57 Å². The zero-order valence-electron chi connectivity index (χ0n) is 15.8. The van der Waals surface area contributed by atoms with Gasteiger partial charge < -0.3 is 0 Å². The summed E-state index contributed by atoms with van der Waals surface area (Å²) in [6, 6.07) is 12.9. The molecule has 0 aliphatic carbocycles. The normalized spacial score (nSPS) is 11.3. The molecule has 0 aliphatic rings. The Labute approximate surface area is 151 Å². The molecule has 2 heterocycles. The van der Waals surface area contributed by atoms with Crippen LogP contribution in [0.3, 0.4) is 0 Å². The molecule has 0 fully saturated rings. The Morgan fingerprint density at radius 2 is 1.76 bits per heavy atom. The van der Waals surface area contributed by atoms with Crippen molar-refractivity contribution in [2.24, 2.45) is 7.05 Å². The van der Waals surface area contributed by atoms with Crippen LogP contribution in [0, 0.1) is 6.92 Å². The van der Waals surface area contributed by atoms with Gasteiger partial charge in [0.25, 0.3) is 0 Å². The van der Waals surface area contributed by atoms with Crippen LogP contribution in [0.5, 0.6) is 0 Å². The van der Waals surface area contributed by atoms with E-state index in [9.17, 15) is 0 Å². The first kappa shape index (κ1) is 17.7. The van der Waals surface area contributed by atoms with Gasteiger partial charge in [0.1, 0.15) is 0 Å². The molecule has 0 saturated heterocycles. The van der Waals surface area contributed by atoms with Gasteiger partial charge in [-0.15, -0.1) is 0 Å². The molecule has 0 amide bonds. The Kier molecular flexibility index (Phi) is 5.85. The van der Waals surface area contributed by atoms with Gasteiger partial charge in [0.15, 0.2) is 16.7 Å². The lowest BCUT2D eigenvalue weighted by Gasteiger charge is -2.04.